The van der Waals surface area contributed by atoms with Crippen LogP contribution in [0.2, 0.25) is 0 Å². The number of nitrogens with one attached hydrogen (secondary N) is 1. The van der Waals surface area contributed by atoms with Crippen LogP contribution in [-0.2, 0) is 6.42 Å². The van der Waals surface area contributed by atoms with Gasteiger partial charge in [-0.3, -0.25) is 0 Å². The van der Waals surface area contributed by atoms with Crippen LogP contribution < -0.4 is 0 Å². The zero-order chi connectivity index (χ0) is 10.8. The number of hydrogen-bond acceptors (Lipinski definition) is 1. The van der Waals surface area contributed by atoms with Crippen molar-refractivity contribution in [2.24, 2.45) is 0 Å². The first-order valence-corrected chi connectivity index (χ1v) is 4.10. The Morgan fingerprint density at radius 3 is 2.07 bits per heavy atom. The van der Waals surface area contributed by atoms with Gasteiger partial charge in [0.1, 0.15) is 0 Å². The third-order valence-electron chi connectivity index (χ3n) is 1.79. The zero-order valence-electron chi connectivity index (χ0n) is 7.65. The van der Waals surface area contributed by atoms with Crippen molar-refractivity contribution in [1.82, 2.24) is 0 Å². The van der Waals surface area contributed by atoms with Gasteiger partial charge in [-0.05, 0) is 18.1 Å². The summed E-state index contributed by atoms with van der Waals surface area (Å²) in [6.45, 7) is 1.60. The number of benzene rings is 1. The van der Waals surface area contributed by atoms with Crippen LogP contribution in [0.1, 0.15) is 18.1 Å². The van der Waals surface area contributed by atoms with E-state index < -0.39 is 12.6 Å². The van der Waals surface area contributed by atoms with Crippen LogP contribution in [0, 0.1) is 5.41 Å². The average Bonchev–Trinajstić information content (AvgIpc) is 2.02. The largest absolute Gasteiger partial charge is 0.393 e. The molecule has 0 saturated carbocycles. The Labute approximate surface area is 80.1 Å². The molecule has 0 atom stereocenters. The van der Waals surface area contributed by atoms with Crippen LogP contribution in [-0.4, -0.2) is 11.9 Å². The Morgan fingerprint density at radius 1 is 1.21 bits per heavy atom. The molecule has 0 bridgehead atoms. The van der Waals surface area contributed by atoms with Crippen molar-refractivity contribution >= 4 is 5.71 Å². The van der Waals surface area contributed by atoms with E-state index in [1.165, 1.54) is 24.3 Å². The maximum atomic E-state index is 12.0. The van der Waals surface area contributed by atoms with Gasteiger partial charge in [0.25, 0.3) is 0 Å². The number of halogens is 3. The van der Waals surface area contributed by atoms with Gasteiger partial charge in [0, 0.05) is 5.71 Å². The monoisotopic (exact) mass is 201 g/mol. The first kappa shape index (κ1) is 10.8. The van der Waals surface area contributed by atoms with E-state index in [9.17, 15) is 13.2 Å². The van der Waals surface area contributed by atoms with Crippen molar-refractivity contribution in [3.05, 3.63) is 35.4 Å². The zero-order valence-corrected chi connectivity index (χ0v) is 7.65. The van der Waals surface area contributed by atoms with Gasteiger partial charge in [-0.15, -0.1) is 0 Å². The normalized spacial score (nSPS) is 11.4. The van der Waals surface area contributed by atoms with Gasteiger partial charge in [0.2, 0.25) is 0 Å². The summed E-state index contributed by atoms with van der Waals surface area (Å²) < 4.78 is 35.9. The summed E-state index contributed by atoms with van der Waals surface area (Å²) >= 11 is 0. The van der Waals surface area contributed by atoms with E-state index >= 15 is 0 Å². The molecule has 0 aromatic heterocycles. The maximum Gasteiger partial charge on any atom is 0.393 e. The van der Waals surface area contributed by atoms with Crippen molar-refractivity contribution < 1.29 is 13.2 Å². The van der Waals surface area contributed by atoms with E-state index in [2.05, 4.69) is 0 Å². The summed E-state index contributed by atoms with van der Waals surface area (Å²) in [5.74, 6) is 0. The minimum atomic E-state index is -4.17. The smallest absolute Gasteiger partial charge is 0.305 e. The number of hydrogen-bond donors (Lipinski definition) is 1. The van der Waals surface area contributed by atoms with E-state index in [-0.39, 0.29) is 5.56 Å². The van der Waals surface area contributed by atoms with Gasteiger partial charge >= 0.3 is 6.18 Å². The molecular formula is C10H10F3N. The van der Waals surface area contributed by atoms with Crippen LogP contribution in [0.4, 0.5) is 13.2 Å². The van der Waals surface area contributed by atoms with Crippen LogP contribution in [0.25, 0.3) is 0 Å². The predicted molar refractivity (Wildman–Crippen MR) is 48.7 cm³/mol. The van der Waals surface area contributed by atoms with Crippen molar-refractivity contribution in [2.75, 3.05) is 0 Å². The highest BCUT2D eigenvalue weighted by atomic mass is 19.4. The topological polar surface area (TPSA) is 23.9 Å². The molecule has 0 fully saturated rings. The maximum absolute atomic E-state index is 12.0. The molecule has 76 valence electrons. The van der Waals surface area contributed by atoms with Gasteiger partial charge in [-0.25, -0.2) is 0 Å². The van der Waals surface area contributed by atoms with Crippen LogP contribution in [0.15, 0.2) is 24.3 Å². The Morgan fingerprint density at radius 2 is 1.71 bits per heavy atom. The quantitative estimate of drug-likeness (QED) is 0.710. The summed E-state index contributed by atoms with van der Waals surface area (Å²) in [6, 6.07) is 5.87. The highest BCUT2D eigenvalue weighted by molar-refractivity contribution is 5.96. The third-order valence-corrected chi connectivity index (χ3v) is 1.79. The number of rotatable bonds is 2. The second-order valence-corrected chi connectivity index (χ2v) is 3.11. The molecule has 1 N–H and O–H groups in total. The van der Waals surface area contributed by atoms with Crippen LogP contribution >= 0.6 is 0 Å². The molecule has 0 spiro atoms. The Kier molecular flexibility index (Phi) is 2.93. The van der Waals surface area contributed by atoms with Crippen molar-refractivity contribution in [1.29, 1.82) is 5.41 Å². The van der Waals surface area contributed by atoms with Crippen molar-refractivity contribution in [3.8, 4) is 0 Å². The van der Waals surface area contributed by atoms with Gasteiger partial charge < -0.3 is 5.41 Å². The molecular weight excluding hydrogens is 191 g/mol. The first-order chi connectivity index (χ1) is 6.38. The van der Waals surface area contributed by atoms with Gasteiger partial charge in [-0.1, -0.05) is 24.3 Å². The minimum Gasteiger partial charge on any atom is -0.305 e. The van der Waals surface area contributed by atoms with Crippen molar-refractivity contribution in [3.63, 3.8) is 0 Å². The fourth-order valence-corrected chi connectivity index (χ4v) is 1.10. The molecule has 4 heteroatoms. The molecule has 0 radical (unpaired) electrons. The lowest BCUT2D eigenvalue weighted by atomic mass is 10.1. The summed E-state index contributed by atoms with van der Waals surface area (Å²) in [6.07, 6.45) is -5.08. The lowest BCUT2D eigenvalue weighted by Crippen LogP contribution is -2.11. The molecule has 0 aliphatic heterocycles. The average molecular weight is 201 g/mol. The van der Waals surface area contributed by atoms with E-state index in [4.69, 9.17) is 5.41 Å². The fraction of sp³-hybridized carbons (Fsp3) is 0.300. The second kappa shape index (κ2) is 3.82. The van der Waals surface area contributed by atoms with Crippen molar-refractivity contribution in [2.45, 2.75) is 19.5 Å². The Bertz CT molecular complexity index is 324. The molecule has 1 aromatic rings. The standard InChI is InChI=1S/C10H10F3N/c1-7(14)9-4-2-8(3-5-9)6-10(11,12)13/h2-5,14H,6H2,1H3. The molecule has 0 saturated heterocycles. The highest BCUT2D eigenvalue weighted by Crippen LogP contribution is 2.21. The molecule has 1 rings (SSSR count). The molecule has 1 aromatic carbocycles. The fourth-order valence-electron chi connectivity index (χ4n) is 1.10. The van der Waals surface area contributed by atoms with E-state index in [0.29, 0.717) is 11.3 Å². The number of alkyl halides is 3. The Balaban J connectivity index is 2.79. The van der Waals surface area contributed by atoms with Gasteiger partial charge in [-0.2, -0.15) is 13.2 Å². The first-order valence-electron chi connectivity index (χ1n) is 4.10. The second-order valence-electron chi connectivity index (χ2n) is 3.11. The molecule has 14 heavy (non-hydrogen) atoms. The summed E-state index contributed by atoms with van der Waals surface area (Å²) in [7, 11) is 0. The van der Waals surface area contributed by atoms with E-state index in [1.807, 2.05) is 0 Å². The van der Waals surface area contributed by atoms with Gasteiger partial charge in [0.15, 0.2) is 0 Å². The summed E-state index contributed by atoms with van der Waals surface area (Å²) in [5.41, 5.74) is 1.22. The molecule has 0 heterocycles. The molecule has 0 aliphatic rings. The van der Waals surface area contributed by atoms with Gasteiger partial charge in [0.05, 0.1) is 6.42 Å². The Hall–Kier alpha value is -1.32. The van der Waals surface area contributed by atoms with Crippen LogP contribution in [0.3, 0.4) is 0 Å². The highest BCUT2D eigenvalue weighted by Gasteiger charge is 2.27. The third kappa shape index (κ3) is 3.20. The summed E-state index contributed by atoms with van der Waals surface area (Å²) in [5, 5.41) is 7.26. The van der Waals surface area contributed by atoms with E-state index in [1.54, 1.807) is 6.92 Å². The van der Waals surface area contributed by atoms with E-state index in [0.717, 1.165) is 0 Å². The predicted octanol–water partition coefficient (Wildman–Crippen LogP) is 3.18. The molecule has 1 nitrogen and oxygen atoms in total. The SMILES string of the molecule is CC(=N)c1ccc(CC(F)(F)F)cc1. The summed E-state index contributed by atoms with van der Waals surface area (Å²) in [4.78, 5) is 0. The molecule has 0 amide bonds. The molecule has 0 aliphatic carbocycles. The minimum absolute atomic E-state index is 0.225. The lowest BCUT2D eigenvalue weighted by molar-refractivity contribution is -0.127. The van der Waals surface area contributed by atoms with Crippen LogP contribution in [0.5, 0.6) is 0 Å². The lowest BCUT2D eigenvalue weighted by Gasteiger charge is -2.06. The molecule has 0 unspecified atom stereocenters.